The van der Waals surface area contributed by atoms with E-state index < -0.39 is 0 Å². The Morgan fingerprint density at radius 2 is 1.68 bits per heavy atom. The average Bonchev–Trinajstić information content (AvgIpc) is 2.89. The molecule has 110 valence electrons. The normalized spacial score (nSPS) is 22.0. The van der Waals surface area contributed by atoms with Gasteiger partial charge < -0.3 is 4.42 Å². The molecule has 0 N–H and O–H groups in total. The summed E-state index contributed by atoms with van der Waals surface area (Å²) in [5.41, 5.74) is 6.10. The van der Waals surface area contributed by atoms with Crippen molar-refractivity contribution in [2.75, 3.05) is 0 Å². The molecular formula is C21H20O. The van der Waals surface area contributed by atoms with Gasteiger partial charge in [-0.2, -0.15) is 0 Å². The molecule has 1 aromatic heterocycles. The highest BCUT2D eigenvalue weighted by atomic mass is 16.3. The molecule has 1 heteroatoms. The maximum Gasteiger partial charge on any atom is 0.139 e. The lowest BCUT2D eigenvalue weighted by Crippen LogP contribution is -2.13. The van der Waals surface area contributed by atoms with Crippen LogP contribution in [0.2, 0.25) is 0 Å². The summed E-state index contributed by atoms with van der Waals surface area (Å²) >= 11 is 0. The molecule has 1 nitrogen and oxygen atoms in total. The fraction of sp³-hybridized carbons (Fsp3) is 0.238. The van der Waals surface area contributed by atoms with Gasteiger partial charge in [0.15, 0.2) is 0 Å². The van der Waals surface area contributed by atoms with E-state index in [1.807, 2.05) is 6.07 Å². The van der Waals surface area contributed by atoms with Crippen molar-refractivity contribution in [3.8, 4) is 0 Å². The van der Waals surface area contributed by atoms with Crippen molar-refractivity contribution in [1.82, 2.24) is 0 Å². The van der Waals surface area contributed by atoms with Gasteiger partial charge in [0.25, 0.3) is 0 Å². The van der Waals surface area contributed by atoms with Crippen LogP contribution in [0.15, 0.2) is 70.2 Å². The lowest BCUT2D eigenvalue weighted by atomic mass is 9.78. The number of benzene rings is 2. The Morgan fingerprint density at radius 3 is 2.55 bits per heavy atom. The molecule has 2 unspecified atom stereocenters. The van der Waals surface area contributed by atoms with Gasteiger partial charge in [0.05, 0.1) is 0 Å². The van der Waals surface area contributed by atoms with E-state index in [0.717, 1.165) is 11.2 Å². The van der Waals surface area contributed by atoms with Gasteiger partial charge in [0.2, 0.25) is 0 Å². The monoisotopic (exact) mass is 288 g/mol. The molecule has 3 aromatic rings. The standard InChI is InChI=1S/C21H20O/c1-13-11-14(2)15(3)19(12-13)18-9-6-8-17-16-7-4-5-10-20(16)22-21(17)18/h4-12,15,19H,1-3H3. The summed E-state index contributed by atoms with van der Waals surface area (Å²) in [6.45, 7) is 6.72. The van der Waals surface area contributed by atoms with Crippen molar-refractivity contribution in [3.05, 3.63) is 71.3 Å². The highest BCUT2D eigenvalue weighted by molar-refractivity contribution is 6.06. The fourth-order valence-corrected chi connectivity index (χ4v) is 3.64. The number of allylic oxidation sites excluding steroid dienone is 4. The topological polar surface area (TPSA) is 13.1 Å². The molecule has 1 aliphatic rings. The minimum Gasteiger partial charge on any atom is -0.456 e. The van der Waals surface area contributed by atoms with Crippen LogP contribution in [0.4, 0.5) is 0 Å². The highest BCUT2D eigenvalue weighted by Crippen LogP contribution is 2.41. The molecule has 0 spiro atoms. The first kappa shape index (κ1) is 13.4. The number of para-hydroxylation sites is 2. The zero-order valence-electron chi connectivity index (χ0n) is 13.3. The minimum atomic E-state index is 0.384. The van der Waals surface area contributed by atoms with E-state index in [1.165, 1.54) is 27.5 Å². The Bertz CT molecular complexity index is 923. The molecular weight excluding hydrogens is 268 g/mol. The van der Waals surface area contributed by atoms with Gasteiger partial charge in [-0.25, -0.2) is 0 Å². The van der Waals surface area contributed by atoms with Gasteiger partial charge in [0, 0.05) is 22.3 Å². The first-order chi connectivity index (χ1) is 10.6. The quantitative estimate of drug-likeness (QED) is 0.518. The summed E-state index contributed by atoms with van der Waals surface area (Å²) < 4.78 is 6.21. The second-order valence-corrected chi connectivity index (χ2v) is 6.44. The molecule has 0 saturated heterocycles. The van der Waals surface area contributed by atoms with Crippen LogP contribution in [0.1, 0.15) is 32.3 Å². The Morgan fingerprint density at radius 1 is 0.909 bits per heavy atom. The Hall–Kier alpha value is -2.28. The number of hydrogen-bond donors (Lipinski definition) is 0. The van der Waals surface area contributed by atoms with E-state index >= 15 is 0 Å². The third-order valence-corrected chi connectivity index (χ3v) is 4.95. The molecule has 22 heavy (non-hydrogen) atoms. The van der Waals surface area contributed by atoms with Crippen LogP contribution in [-0.2, 0) is 0 Å². The van der Waals surface area contributed by atoms with Gasteiger partial charge >= 0.3 is 0 Å². The molecule has 2 aromatic carbocycles. The Labute approximate surface area is 130 Å². The summed E-state index contributed by atoms with van der Waals surface area (Å²) in [6, 6.07) is 14.8. The van der Waals surface area contributed by atoms with Crippen molar-refractivity contribution in [2.24, 2.45) is 5.92 Å². The van der Waals surface area contributed by atoms with Crippen LogP contribution in [-0.4, -0.2) is 0 Å². The third-order valence-electron chi connectivity index (χ3n) is 4.95. The van der Waals surface area contributed by atoms with Crippen molar-refractivity contribution in [2.45, 2.75) is 26.7 Å². The van der Waals surface area contributed by atoms with Gasteiger partial charge in [-0.15, -0.1) is 0 Å². The summed E-state index contributed by atoms with van der Waals surface area (Å²) in [7, 11) is 0. The fourth-order valence-electron chi connectivity index (χ4n) is 3.64. The Kier molecular flexibility index (Phi) is 2.97. The van der Waals surface area contributed by atoms with Crippen LogP contribution < -0.4 is 0 Å². The maximum absolute atomic E-state index is 6.21. The second-order valence-electron chi connectivity index (χ2n) is 6.44. The predicted molar refractivity (Wildman–Crippen MR) is 93.1 cm³/mol. The molecule has 0 fully saturated rings. The molecule has 2 atom stereocenters. The lowest BCUT2D eigenvalue weighted by Gasteiger charge is -2.26. The zero-order valence-corrected chi connectivity index (χ0v) is 13.3. The average molecular weight is 288 g/mol. The van der Waals surface area contributed by atoms with Crippen LogP contribution >= 0.6 is 0 Å². The molecule has 0 aliphatic heterocycles. The molecule has 0 radical (unpaired) electrons. The van der Waals surface area contributed by atoms with Crippen molar-refractivity contribution >= 4 is 21.9 Å². The molecule has 1 aliphatic carbocycles. The van der Waals surface area contributed by atoms with Gasteiger partial charge in [-0.3, -0.25) is 0 Å². The first-order valence-electron chi connectivity index (χ1n) is 7.92. The first-order valence-corrected chi connectivity index (χ1v) is 7.92. The van der Waals surface area contributed by atoms with E-state index in [0.29, 0.717) is 11.8 Å². The third kappa shape index (κ3) is 1.93. The van der Waals surface area contributed by atoms with E-state index in [4.69, 9.17) is 4.42 Å². The van der Waals surface area contributed by atoms with Crippen LogP contribution in [0.5, 0.6) is 0 Å². The zero-order chi connectivity index (χ0) is 15.3. The SMILES string of the molecule is CC1=CC(c2cccc3c2oc2ccccc23)C(C)C(C)=C1. The summed E-state index contributed by atoms with van der Waals surface area (Å²) in [6.07, 6.45) is 4.67. The molecule has 0 bridgehead atoms. The number of hydrogen-bond acceptors (Lipinski definition) is 1. The molecule has 1 heterocycles. The van der Waals surface area contributed by atoms with Crippen LogP contribution in [0.25, 0.3) is 21.9 Å². The van der Waals surface area contributed by atoms with Crippen molar-refractivity contribution in [3.63, 3.8) is 0 Å². The summed E-state index contributed by atoms with van der Waals surface area (Å²) in [5.74, 6) is 0.886. The largest absolute Gasteiger partial charge is 0.456 e. The van der Waals surface area contributed by atoms with E-state index in [-0.39, 0.29) is 0 Å². The van der Waals surface area contributed by atoms with Crippen LogP contribution in [0, 0.1) is 5.92 Å². The number of furan rings is 1. The smallest absolute Gasteiger partial charge is 0.139 e. The number of rotatable bonds is 1. The molecule has 0 amide bonds. The Balaban J connectivity index is 1.98. The van der Waals surface area contributed by atoms with E-state index in [9.17, 15) is 0 Å². The lowest BCUT2D eigenvalue weighted by molar-refractivity contribution is 0.582. The molecule has 4 rings (SSSR count). The van der Waals surface area contributed by atoms with Crippen LogP contribution in [0.3, 0.4) is 0 Å². The number of fused-ring (bicyclic) bond motifs is 3. The predicted octanol–water partition coefficient (Wildman–Crippen LogP) is 6.21. The van der Waals surface area contributed by atoms with E-state index in [2.05, 4.69) is 69.3 Å². The molecule has 0 saturated carbocycles. The summed E-state index contributed by atoms with van der Waals surface area (Å²) in [4.78, 5) is 0. The van der Waals surface area contributed by atoms with Gasteiger partial charge in [0.1, 0.15) is 11.2 Å². The minimum absolute atomic E-state index is 0.384. The van der Waals surface area contributed by atoms with Crippen molar-refractivity contribution < 1.29 is 4.42 Å². The van der Waals surface area contributed by atoms with Crippen molar-refractivity contribution in [1.29, 1.82) is 0 Å². The highest BCUT2D eigenvalue weighted by Gasteiger charge is 2.25. The van der Waals surface area contributed by atoms with E-state index in [1.54, 1.807) is 0 Å². The second kappa shape index (κ2) is 4.88. The maximum atomic E-state index is 6.21. The van der Waals surface area contributed by atoms with Gasteiger partial charge in [-0.05, 0) is 25.8 Å². The summed E-state index contributed by atoms with van der Waals surface area (Å²) in [5, 5.41) is 2.43. The van der Waals surface area contributed by atoms with Gasteiger partial charge in [-0.1, -0.05) is 66.6 Å².